The van der Waals surface area contributed by atoms with E-state index in [0.29, 0.717) is 0 Å². The lowest BCUT2D eigenvalue weighted by Gasteiger charge is -2.29. The lowest BCUT2D eigenvalue weighted by molar-refractivity contribution is -0.127. The van der Waals surface area contributed by atoms with Crippen LogP contribution < -0.4 is 10.2 Å². The van der Waals surface area contributed by atoms with Gasteiger partial charge in [-0.05, 0) is 29.8 Å². The predicted molar refractivity (Wildman–Crippen MR) is 108 cm³/mol. The summed E-state index contributed by atoms with van der Waals surface area (Å²) in [6.07, 6.45) is 0.230. The maximum atomic E-state index is 13.0. The number of nitrogens with zero attached hydrogens (tertiary/aromatic N) is 2. The molecular formula is C22H25N3O3. The van der Waals surface area contributed by atoms with Crippen molar-refractivity contribution in [3.63, 3.8) is 0 Å². The van der Waals surface area contributed by atoms with Crippen molar-refractivity contribution < 1.29 is 14.3 Å². The second kappa shape index (κ2) is 8.02. The summed E-state index contributed by atoms with van der Waals surface area (Å²) in [6, 6.07) is 17.4. The molecule has 0 radical (unpaired) electrons. The van der Waals surface area contributed by atoms with Crippen LogP contribution >= 0.6 is 0 Å². The van der Waals surface area contributed by atoms with Gasteiger partial charge >= 0.3 is 0 Å². The van der Waals surface area contributed by atoms with E-state index in [2.05, 4.69) is 10.2 Å². The van der Waals surface area contributed by atoms with Crippen LogP contribution in [0.3, 0.4) is 0 Å². The Morgan fingerprint density at radius 1 is 1.04 bits per heavy atom. The number of ether oxygens (including phenoxy) is 1. The van der Waals surface area contributed by atoms with Crippen LogP contribution in [0.15, 0.2) is 54.6 Å². The summed E-state index contributed by atoms with van der Waals surface area (Å²) in [5.74, 6) is -0.527. The minimum atomic E-state index is -0.404. The van der Waals surface area contributed by atoms with Crippen LogP contribution in [0.25, 0.3) is 0 Å². The number of hydrogen-bond donors (Lipinski definition) is 1. The van der Waals surface area contributed by atoms with Gasteiger partial charge in [-0.25, -0.2) is 0 Å². The van der Waals surface area contributed by atoms with Gasteiger partial charge in [-0.2, -0.15) is 0 Å². The minimum Gasteiger partial charge on any atom is -0.378 e. The quantitative estimate of drug-likeness (QED) is 0.887. The molecule has 146 valence electrons. The van der Waals surface area contributed by atoms with Crippen molar-refractivity contribution >= 4 is 23.2 Å². The summed E-state index contributed by atoms with van der Waals surface area (Å²) in [5.41, 5.74) is 2.86. The second-order valence-corrected chi connectivity index (χ2v) is 7.31. The van der Waals surface area contributed by atoms with Crippen LogP contribution in [0.4, 0.5) is 11.4 Å². The molecule has 2 aromatic rings. The first-order valence-corrected chi connectivity index (χ1v) is 9.68. The smallest absolute Gasteiger partial charge is 0.230 e. The Labute approximate surface area is 165 Å². The number of carbonyl (C=O) groups excluding carboxylic acids is 2. The van der Waals surface area contributed by atoms with Gasteiger partial charge in [0.05, 0.1) is 25.2 Å². The standard InChI is InChI=1S/C22H25N3O3/c1-24-20(26)15-19(21(24)16-5-3-2-4-6-16)22(27)23-17-7-9-18(10-8-17)25-11-13-28-14-12-25/h2-10,19,21H,11-15H2,1H3,(H,23,27). The van der Waals surface area contributed by atoms with E-state index in [1.54, 1.807) is 11.9 Å². The highest BCUT2D eigenvalue weighted by atomic mass is 16.5. The number of hydrogen-bond acceptors (Lipinski definition) is 4. The molecule has 1 N–H and O–H groups in total. The maximum Gasteiger partial charge on any atom is 0.230 e. The minimum absolute atomic E-state index is 0.00308. The summed E-state index contributed by atoms with van der Waals surface area (Å²) < 4.78 is 5.39. The van der Waals surface area contributed by atoms with E-state index in [-0.39, 0.29) is 24.3 Å². The third-order valence-electron chi connectivity index (χ3n) is 5.58. The molecule has 2 fully saturated rings. The number of nitrogens with one attached hydrogen (secondary N) is 1. The normalized spacial score (nSPS) is 22.4. The molecule has 6 heteroatoms. The third kappa shape index (κ3) is 3.73. The Balaban J connectivity index is 1.47. The molecule has 0 aromatic heterocycles. The Morgan fingerprint density at radius 2 is 1.71 bits per heavy atom. The SMILES string of the molecule is CN1C(=O)CC(C(=O)Nc2ccc(N3CCOCC3)cc2)C1c1ccccc1. The molecule has 4 rings (SSSR count). The zero-order valence-corrected chi connectivity index (χ0v) is 16.0. The molecule has 0 spiro atoms. The Morgan fingerprint density at radius 3 is 2.39 bits per heavy atom. The molecule has 2 saturated heterocycles. The molecule has 2 aliphatic heterocycles. The van der Waals surface area contributed by atoms with Crippen molar-refractivity contribution in [2.75, 3.05) is 43.6 Å². The summed E-state index contributed by atoms with van der Waals surface area (Å²) in [4.78, 5) is 29.2. The van der Waals surface area contributed by atoms with Crippen molar-refractivity contribution in [3.05, 3.63) is 60.2 Å². The molecule has 0 aliphatic carbocycles. The first-order chi connectivity index (χ1) is 13.6. The van der Waals surface area contributed by atoms with Gasteiger partial charge in [-0.15, -0.1) is 0 Å². The summed E-state index contributed by atoms with van der Waals surface area (Å²) in [7, 11) is 1.77. The Bertz CT molecular complexity index is 832. The van der Waals surface area contributed by atoms with E-state index in [4.69, 9.17) is 4.74 Å². The predicted octanol–water partition coefficient (Wildman–Crippen LogP) is 2.68. The van der Waals surface area contributed by atoms with Crippen LogP contribution in [0.2, 0.25) is 0 Å². The molecule has 2 amide bonds. The zero-order valence-electron chi connectivity index (χ0n) is 16.0. The lowest BCUT2D eigenvalue weighted by atomic mass is 9.93. The molecule has 0 saturated carbocycles. The fourth-order valence-electron chi connectivity index (χ4n) is 4.02. The highest BCUT2D eigenvalue weighted by Gasteiger charge is 2.42. The van der Waals surface area contributed by atoms with Gasteiger partial charge in [0.2, 0.25) is 11.8 Å². The van der Waals surface area contributed by atoms with Gasteiger partial charge in [-0.1, -0.05) is 30.3 Å². The van der Waals surface area contributed by atoms with Crippen LogP contribution in [-0.4, -0.2) is 50.1 Å². The molecule has 2 aliphatic rings. The molecular weight excluding hydrogens is 354 g/mol. The average Bonchev–Trinajstić information content (AvgIpc) is 3.04. The van der Waals surface area contributed by atoms with Gasteiger partial charge in [0.15, 0.2) is 0 Å². The summed E-state index contributed by atoms with van der Waals surface area (Å²) >= 11 is 0. The number of morpholine rings is 1. The first kappa shape index (κ1) is 18.5. The van der Waals surface area contributed by atoms with Crippen molar-refractivity contribution in [1.29, 1.82) is 0 Å². The van der Waals surface area contributed by atoms with E-state index < -0.39 is 5.92 Å². The highest BCUT2D eigenvalue weighted by Crippen LogP contribution is 2.37. The number of anilines is 2. The first-order valence-electron chi connectivity index (χ1n) is 9.68. The van der Waals surface area contributed by atoms with Gasteiger partial charge in [0.1, 0.15) is 0 Å². The highest BCUT2D eigenvalue weighted by molar-refractivity contribution is 5.98. The van der Waals surface area contributed by atoms with Crippen molar-refractivity contribution in [2.45, 2.75) is 12.5 Å². The topological polar surface area (TPSA) is 61.9 Å². The average molecular weight is 379 g/mol. The van der Waals surface area contributed by atoms with E-state index >= 15 is 0 Å². The van der Waals surface area contributed by atoms with Crippen LogP contribution in [0.1, 0.15) is 18.0 Å². The fourth-order valence-corrected chi connectivity index (χ4v) is 4.02. The number of carbonyl (C=O) groups is 2. The Kier molecular flexibility index (Phi) is 5.30. The number of benzene rings is 2. The zero-order chi connectivity index (χ0) is 19.5. The van der Waals surface area contributed by atoms with Crippen LogP contribution in [-0.2, 0) is 14.3 Å². The number of rotatable bonds is 4. The maximum absolute atomic E-state index is 13.0. The monoisotopic (exact) mass is 379 g/mol. The molecule has 2 unspecified atom stereocenters. The van der Waals surface area contributed by atoms with Gasteiger partial charge in [0.25, 0.3) is 0 Å². The molecule has 0 bridgehead atoms. The lowest BCUT2D eigenvalue weighted by Crippen LogP contribution is -2.36. The van der Waals surface area contributed by atoms with Crippen molar-refractivity contribution in [1.82, 2.24) is 4.90 Å². The second-order valence-electron chi connectivity index (χ2n) is 7.31. The van der Waals surface area contributed by atoms with Crippen LogP contribution in [0, 0.1) is 5.92 Å². The third-order valence-corrected chi connectivity index (χ3v) is 5.58. The number of amides is 2. The van der Waals surface area contributed by atoms with Gasteiger partial charge < -0.3 is 19.9 Å². The molecule has 6 nitrogen and oxygen atoms in total. The summed E-state index contributed by atoms with van der Waals surface area (Å²) in [5, 5.41) is 2.99. The van der Waals surface area contributed by atoms with Gasteiger partial charge in [-0.3, -0.25) is 9.59 Å². The molecule has 28 heavy (non-hydrogen) atoms. The molecule has 2 atom stereocenters. The van der Waals surface area contributed by atoms with E-state index in [1.165, 1.54) is 0 Å². The van der Waals surface area contributed by atoms with E-state index in [1.807, 2.05) is 54.6 Å². The van der Waals surface area contributed by atoms with Gasteiger partial charge in [0, 0.05) is 37.9 Å². The van der Waals surface area contributed by atoms with Crippen LogP contribution in [0.5, 0.6) is 0 Å². The van der Waals surface area contributed by atoms with E-state index in [0.717, 1.165) is 43.2 Å². The fraction of sp³-hybridized carbons (Fsp3) is 0.364. The van der Waals surface area contributed by atoms with Crippen molar-refractivity contribution in [3.8, 4) is 0 Å². The van der Waals surface area contributed by atoms with Crippen molar-refractivity contribution in [2.24, 2.45) is 5.92 Å². The Hall–Kier alpha value is -2.86. The molecule has 2 aromatic carbocycles. The number of likely N-dealkylation sites (tertiary alicyclic amines) is 1. The molecule has 2 heterocycles. The largest absolute Gasteiger partial charge is 0.378 e. The van der Waals surface area contributed by atoms with E-state index in [9.17, 15) is 9.59 Å². The summed E-state index contributed by atoms with van der Waals surface area (Å²) in [6.45, 7) is 3.23.